The van der Waals surface area contributed by atoms with E-state index in [0.29, 0.717) is 5.56 Å². The minimum absolute atomic E-state index is 0.0171. The van der Waals surface area contributed by atoms with Gasteiger partial charge in [0.2, 0.25) is 15.9 Å². The fourth-order valence-corrected chi connectivity index (χ4v) is 3.84. The Bertz CT molecular complexity index is 938. The summed E-state index contributed by atoms with van der Waals surface area (Å²) in [6.45, 7) is 0.162. The maximum absolute atomic E-state index is 12.1. The second kappa shape index (κ2) is 7.77. The van der Waals surface area contributed by atoms with E-state index < -0.39 is 25.8 Å². The van der Waals surface area contributed by atoms with Crippen LogP contribution in [-0.4, -0.2) is 28.5 Å². The molecule has 2 rings (SSSR count). The van der Waals surface area contributed by atoms with Gasteiger partial charge >= 0.3 is 0 Å². The van der Waals surface area contributed by atoms with Crippen LogP contribution in [0.4, 0.5) is 0 Å². The second-order valence-corrected chi connectivity index (χ2v) is 9.02. The van der Waals surface area contributed by atoms with E-state index in [0.717, 1.165) is 0 Å². The summed E-state index contributed by atoms with van der Waals surface area (Å²) < 4.78 is 46.5. The fraction of sp³-hybridized carbons (Fsp3) is 0.188. The van der Waals surface area contributed by atoms with E-state index in [1.54, 1.807) is 18.2 Å². The summed E-state index contributed by atoms with van der Waals surface area (Å²) >= 11 is 0. The number of rotatable bonds is 7. The van der Waals surface area contributed by atoms with E-state index >= 15 is 0 Å². The molecule has 3 N–H and O–H groups in total. The van der Waals surface area contributed by atoms with Crippen LogP contribution < -0.4 is 10.5 Å². The van der Waals surface area contributed by atoms with E-state index in [1.807, 2.05) is 0 Å². The first-order valence-electron chi connectivity index (χ1n) is 7.35. The van der Waals surface area contributed by atoms with Crippen molar-refractivity contribution in [2.24, 2.45) is 5.14 Å². The highest BCUT2D eigenvalue weighted by Gasteiger charge is 2.16. The zero-order valence-electron chi connectivity index (χ0n) is 13.3. The molecule has 9 heteroatoms. The highest BCUT2D eigenvalue weighted by Crippen LogP contribution is 2.11. The number of nitrogens with one attached hydrogen (secondary N) is 1. The summed E-state index contributed by atoms with van der Waals surface area (Å²) in [6, 6.07) is 13.7. The summed E-state index contributed by atoms with van der Waals surface area (Å²) in [6.07, 6.45) is -0.160. The second-order valence-electron chi connectivity index (χ2n) is 5.35. The molecule has 0 aliphatic rings. The van der Waals surface area contributed by atoms with Crippen LogP contribution in [-0.2, 0) is 31.2 Å². The number of sulfonamides is 1. The third-order valence-corrected chi connectivity index (χ3v) is 6.10. The molecule has 0 aliphatic carbocycles. The summed E-state index contributed by atoms with van der Waals surface area (Å²) in [5.41, 5.74) is 0.673. The molecule has 2 aromatic carbocycles. The molecule has 0 atom stereocenters. The van der Waals surface area contributed by atoms with E-state index in [9.17, 15) is 21.6 Å². The van der Waals surface area contributed by atoms with Gasteiger partial charge in [-0.25, -0.2) is 22.0 Å². The third-order valence-electron chi connectivity index (χ3n) is 3.44. The first-order chi connectivity index (χ1) is 11.7. The molecular weight excluding hydrogens is 364 g/mol. The van der Waals surface area contributed by atoms with Gasteiger partial charge in [-0.2, -0.15) is 0 Å². The molecule has 0 aromatic heterocycles. The van der Waals surface area contributed by atoms with Crippen molar-refractivity contribution in [1.82, 2.24) is 5.32 Å². The largest absolute Gasteiger partial charge is 0.352 e. The molecule has 0 saturated carbocycles. The molecule has 0 bridgehead atoms. The van der Waals surface area contributed by atoms with E-state index in [1.165, 1.54) is 36.4 Å². The molecule has 25 heavy (non-hydrogen) atoms. The van der Waals surface area contributed by atoms with Crippen molar-refractivity contribution >= 4 is 25.8 Å². The Hall–Kier alpha value is -2.23. The van der Waals surface area contributed by atoms with Gasteiger partial charge in [0.1, 0.15) is 0 Å². The SMILES string of the molecule is NS(=O)(=O)c1ccc(CNC(=O)CCS(=O)(=O)c2ccccc2)cc1. The number of primary sulfonamides is 1. The Kier molecular flexibility index (Phi) is 5.93. The van der Waals surface area contributed by atoms with Gasteiger partial charge < -0.3 is 5.32 Å². The van der Waals surface area contributed by atoms with Gasteiger partial charge in [0.25, 0.3) is 0 Å². The summed E-state index contributed by atoms with van der Waals surface area (Å²) in [4.78, 5) is 12.0. The number of nitrogens with two attached hydrogens (primary N) is 1. The van der Waals surface area contributed by atoms with Gasteiger partial charge in [0, 0.05) is 13.0 Å². The quantitative estimate of drug-likeness (QED) is 0.733. The molecule has 134 valence electrons. The molecule has 2 aromatic rings. The molecule has 0 fully saturated rings. The zero-order valence-corrected chi connectivity index (χ0v) is 14.9. The lowest BCUT2D eigenvalue weighted by molar-refractivity contribution is -0.120. The lowest BCUT2D eigenvalue weighted by Crippen LogP contribution is -2.25. The monoisotopic (exact) mass is 382 g/mol. The number of carbonyl (C=O) groups excluding carboxylic acids is 1. The number of benzene rings is 2. The Morgan fingerprint density at radius 3 is 2.04 bits per heavy atom. The smallest absolute Gasteiger partial charge is 0.238 e. The molecule has 0 radical (unpaired) electrons. The highest BCUT2D eigenvalue weighted by molar-refractivity contribution is 7.91. The van der Waals surface area contributed by atoms with Crippen LogP contribution in [0.3, 0.4) is 0 Å². The Morgan fingerprint density at radius 2 is 1.48 bits per heavy atom. The van der Waals surface area contributed by atoms with Crippen LogP contribution >= 0.6 is 0 Å². The molecule has 7 nitrogen and oxygen atoms in total. The van der Waals surface area contributed by atoms with Crippen molar-refractivity contribution in [2.75, 3.05) is 5.75 Å². The number of sulfone groups is 1. The van der Waals surface area contributed by atoms with Gasteiger partial charge in [-0.15, -0.1) is 0 Å². The summed E-state index contributed by atoms with van der Waals surface area (Å²) in [5.74, 6) is -0.692. The van der Waals surface area contributed by atoms with Crippen molar-refractivity contribution in [3.05, 3.63) is 60.2 Å². The molecule has 0 aliphatic heterocycles. The highest BCUT2D eigenvalue weighted by atomic mass is 32.2. The van der Waals surface area contributed by atoms with Gasteiger partial charge in [-0.1, -0.05) is 30.3 Å². The van der Waals surface area contributed by atoms with Crippen molar-refractivity contribution in [1.29, 1.82) is 0 Å². The maximum atomic E-state index is 12.1. The van der Waals surface area contributed by atoms with Crippen LogP contribution in [0.25, 0.3) is 0 Å². The first kappa shape index (κ1) is 19.1. The zero-order chi connectivity index (χ0) is 18.5. The molecule has 0 heterocycles. The van der Waals surface area contributed by atoms with Crippen LogP contribution in [0.15, 0.2) is 64.4 Å². The van der Waals surface area contributed by atoms with Crippen LogP contribution in [0, 0.1) is 0 Å². The molecular formula is C16H18N2O5S2. The average molecular weight is 382 g/mol. The molecule has 0 saturated heterocycles. The minimum atomic E-state index is -3.76. The summed E-state index contributed by atoms with van der Waals surface area (Å²) in [7, 11) is -7.26. The Labute approximate surface area is 146 Å². The van der Waals surface area contributed by atoms with Gasteiger partial charge in [0.15, 0.2) is 9.84 Å². The van der Waals surface area contributed by atoms with Crippen molar-refractivity contribution in [3.63, 3.8) is 0 Å². The Balaban J connectivity index is 1.87. The predicted molar refractivity (Wildman–Crippen MR) is 92.8 cm³/mol. The van der Waals surface area contributed by atoms with E-state index in [4.69, 9.17) is 5.14 Å². The molecule has 0 unspecified atom stereocenters. The number of hydrogen-bond acceptors (Lipinski definition) is 5. The topological polar surface area (TPSA) is 123 Å². The van der Waals surface area contributed by atoms with Gasteiger partial charge in [-0.05, 0) is 29.8 Å². The number of carbonyl (C=O) groups is 1. The lowest BCUT2D eigenvalue weighted by atomic mass is 10.2. The van der Waals surface area contributed by atoms with Crippen LogP contribution in [0.1, 0.15) is 12.0 Å². The molecule has 0 spiro atoms. The van der Waals surface area contributed by atoms with Gasteiger partial charge in [0.05, 0.1) is 15.5 Å². The number of amides is 1. The normalized spacial score (nSPS) is 11.9. The average Bonchev–Trinajstić information content (AvgIpc) is 2.58. The van der Waals surface area contributed by atoms with Crippen LogP contribution in [0.2, 0.25) is 0 Å². The van der Waals surface area contributed by atoms with Crippen molar-refractivity contribution < 1.29 is 21.6 Å². The van der Waals surface area contributed by atoms with Crippen molar-refractivity contribution in [2.45, 2.75) is 22.8 Å². The summed E-state index contributed by atoms with van der Waals surface area (Å²) in [5, 5.41) is 7.60. The van der Waals surface area contributed by atoms with Crippen molar-refractivity contribution in [3.8, 4) is 0 Å². The number of hydrogen-bond donors (Lipinski definition) is 2. The third kappa shape index (κ3) is 5.66. The van der Waals surface area contributed by atoms with E-state index in [-0.39, 0.29) is 28.5 Å². The fourth-order valence-electron chi connectivity index (χ4n) is 2.06. The van der Waals surface area contributed by atoms with E-state index in [2.05, 4.69) is 5.32 Å². The maximum Gasteiger partial charge on any atom is 0.238 e. The molecule has 1 amide bonds. The van der Waals surface area contributed by atoms with Gasteiger partial charge in [-0.3, -0.25) is 4.79 Å². The first-order valence-corrected chi connectivity index (χ1v) is 10.5. The standard InChI is InChI=1S/C16H18N2O5S2/c17-25(22,23)15-8-6-13(7-9-15)12-18-16(19)10-11-24(20,21)14-4-2-1-3-5-14/h1-9H,10-12H2,(H,18,19)(H2,17,22,23). The predicted octanol–water partition coefficient (Wildman–Crippen LogP) is 0.814. The minimum Gasteiger partial charge on any atom is -0.352 e. The van der Waals surface area contributed by atoms with Crippen LogP contribution in [0.5, 0.6) is 0 Å². The lowest BCUT2D eigenvalue weighted by Gasteiger charge is -2.07. The Morgan fingerprint density at radius 1 is 0.880 bits per heavy atom.